The Kier molecular flexibility index (Phi) is 7.51. The molecule has 0 aliphatic carbocycles. The predicted molar refractivity (Wildman–Crippen MR) is 85.5 cm³/mol. The van der Waals surface area contributed by atoms with Crippen LogP contribution in [0.1, 0.15) is 31.1 Å². The van der Waals surface area contributed by atoms with E-state index in [-0.39, 0.29) is 11.0 Å². The summed E-state index contributed by atoms with van der Waals surface area (Å²) in [5.74, 6) is 1.17. The Labute approximate surface area is 125 Å². The second-order valence-corrected chi connectivity index (χ2v) is 6.30. The van der Waals surface area contributed by atoms with Crippen molar-refractivity contribution in [3.63, 3.8) is 0 Å². The van der Waals surface area contributed by atoms with Gasteiger partial charge in [0.15, 0.2) is 5.78 Å². The number of benzene rings is 1. The first kappa shape index (κ1) is 16.5. The largest absolute Gasteiger partial charge is 0.303 e. The number of halogens is 1. The topological polar surface area (TPSA) is 20.3 Å². The molecule has 0 spiro atoms. The quantitative estimate of drug-likeness (QED) is 0.677. The summed E-state index contributed by atoms with van der Waals surface area (Å²) in [4.78, 5) is 14.6. The number of carbonyl (C=O) groups excluding carboxylic acids is 1. The summed E-state index contributed by atoms with van der Waals surface area (Å²) in [7, 11) is 0. The van der Waals surface area contributed by atoms with Crippen LogP contribution in [0.5, 0.6) is 0 Å². The van der Waals surface area contributed by atoms with Gasteiger partial charge in [-0.15, -0.1) is 11.8 Å². The lowest BCUT2D eigenvalue weighted by Crippen LogP contribution is -2.26. The molecule has 1 aromatic rings. The van der Waals surface area contributed by atoms with Crippen molar-refractivity contribution < 1.29 is 4.79 Å². The number of hydrogen-bond donors (Lipinski definition) is 0. The van der Waals surface area contributed by atoms with Crippen LogP contribution >= 0.6 is 23.4 Å². The third kappa shape index (κ3) is 5.55. The average molecular weight is 300 g/mol. The van der Waals surface area contributed by atoms with Crippen molar-refractivity contribution in [2.75, 3.05) is 25.4 Å². The minimum Gasteiger partial charge on any atom is -0.303 e. The van der Waals surface area contributed by atoms with E-state index in [0.717, 1.165) is 31.0 Å². The fourth-order valence-electron chi connectivity index (χ4n) is 1.82. The van der Waals surface area contributed by atoms with Crippen LogP contribution in [-0.2, 0) is 0 Å². The second-order valence-electron chi connectivity index (χ2n) is 4.41. The molecule has 0 aliphatic heterocycles. The first-order chi connectivity index (χ1) is 9.08. The third-order valence-corrected chi connectivity index (χ3v) is 4.55. The Morgan fingerprint density at radius 1 is 1.26 bits per heavy atom. The molecule has 0 aliphatic rings. The molecule has 2 nitrogen and oxygen atoms in total. The molecule has 0 saturated heterocycles. The molecule has 0 amide bonds. The maximum Gasteiger partial charge on any atom is 0.175 e. The van der Waals surface area contributed by atoms with E-state index in [0.29, 0.717) is 5.02 Å². The summed E-state index contributed by atoms with van der Waals surface area (Å²) in [6.45, 7) is 9.47. The zero-order chi connectivity index (χ0) is 14.3. The van der Waals surface area contributed by atoms with Crippen LogP contribution in [0, 0.1) is 0 Å². The minimum atomic E-state index is -0.00302. The highest BCUT2D eigenvalue weighted by molar-refractivity contribution is 8.00. The van der Waals surface area contributed by atoms with Gasteiger partial charge in [-0.2, -0.15) is 0 Å². The number of Topliss-reactive ketones (excluding diaryl/α,β-unsaturated/α-hetero) is 1. The monoisotopic (exact) mass is 299 g/mol. The molecule has 19 heavy (non-hydrogen) atoms. The van der Waals surface area contributed by atoms with Gasteiger partial charge in [0.05, 0.1) is 5.25 Å². The Hall–Kier alpha value is -0.510. The molecule has 0 saturated carbocycles. The molecule has 1 rings (SSSR count). The number of hydrogen-bond acceptors (Lipinski definition) is 3. The van der Waals surface area contributed by atoms with E-state index in [2.05, 4.69) is 18.7 Å². The summed E-state index contributed by atoms with van der Waals surface area (Å²) in [6.07, 6.45) is 0. The maximum atomic E-state index is 12.2. The van der Waals surface area contributed by atoms with E-state index < -0.39 is 0 Å². The van der Waals surface area contributed by atoms with E-state index in [1.807, 2.05) is 6.92 Å². The summed E-state index contributed by atoms with van der Waals surface area (Å²) in [5, 5.41) is 0.662. The SMILES string of the molecule is CCN(CC)CCSC(C)C(=O)c1ccc(Cl)cc1. The van der Waals surface area contributed by atoms with E-state index >= 15 is 0 Å². The van der Waals surface area contributed by atoms with Crippen molar-refractivity contribution in [2.45, 2.75) is 26.0 Å². The Balaban J connectivity index is 2.42. The molecule has 0 aromatic heterocycles. The number of ketones is 1. The van der Waals surface area contributed by atoms with Crippen LogP contribution in [0.15, 0.2) is 24.3 Å². The molecular weight excluding hydrogens is 278 g/mol. The van der Waals surface area contributed by atoms with E-state index in [9.17, 15) is 4.79 Å². The van der Waals surface area contributed by atoms with E-state index in [4.69, 9.17) is 11.6 Å². The van der Waals surface area contributed by atoms with Crippen LogP contribution < -0.4 is 0 Å². The van der Waals surface area contributed by atoms with Gasteiger partial charge < -0.3 is 4.90 Å². The van der Waals surface area contributed by atoms with Crippen molar-refractivity contribution >= 4 is 29.1 Å². The smallest absolute Gasteiger partial charge is 0.175 e. The van der Waals surface area contributed by atoms with Gasteiger partial charge in [0.1, 0.15) is 0 Å². The first-order valence-electron chi connectivity index (χ1n) is 6.72. The number of thioether (sulfide) groups is 1. The van der Waals surface area contributed by atoms with Crippen molar-refractivity contribution in [3.8, 4) is 0 Å². The van der Waals surface area contributed by atoms with E-state index in [1.165, 1.54) is 0 Å². The highest BCUT2D eigenvalue weighted by Crippen LogP contribution is 2.18. The van der Waals surface area contributed by atoms with Gasteiger partial charge in [0, 0.05) is 22.9 Å². The summed E-state index contributed by atoms with van der Waals surface area (Å²) >= 11 is 7.54. The zero-order valence-electron chi connectivity index (χ0n) is 11.9. The average Bonchev–Trinajstić information content (AvgIpc) is 2.43. The van der Waals surface area contributed by atoms with Crippen LogP contribution in [0.25, 0.3) is 0 Å². The Morgan fingerprint density at radius 3 is 2.37 bits per heavy atom. The molecule has 0 heterocycles. The lowest BCUT2D eigenvalue weighted by atomic mass is 10.1. The fraction of sp³-hybridized carbons (Fsp3) is 0.533. The number of carbonyl (C=O) groups is 1. The first-order valence-corrected chi connectivity index (χ1v) is 8.14. The Morgan fingerprint density at radius 2 is 1.84 bits per heavy atom. The molecular formula is C15H22ClNOS. The number of rotatable bonds is 8. The molecule has 0 fully saturated rings. The normalized spacial score (nSPS) is 12.7. The summed E-state index contributed by atoms with van der Waals surface area (Å²) < 4.78 is 0. The molecule has 106 valence electrons. The van der Waals surface area contributed by atoms with Crippen LogP contribution in [0.4, 0.5) is 0 Å². The lowest BCUT2D eigenvalue weighted by molar-refractivity contribution is 0.0994. The van der Waals surface area contributed by atoms with Gasteiger partial charge in [-0.3, -0.25) is 4.79 Å². The van der Waals surface area contributed by atoms with Gasteiger partial charge in [0.2, 0.25) is 0 Å². The predicted octanol–water partition coefficient (Wildman–Crippen LogP) is 3.99. The fourth-order valence-corrected chi connectivity index (χ4v) is 2.95. The lowest BCUT2D eigenvalue weighted by Gasteiger charge is -2.18. The van der Waals surface area contributed by atoms with Gasteiger partial charge in [-0.05, 0) is 44.3 Å². The van der Waals surface area contributed by atoms with Gasteiger partial charge in [-0.1, -0.05) is 25.4 Å². The highest BCUT2D eigenvalue weighted by Gasteiger charge is 2.15. The summed E-state index contributed by atoms with van der Waals surface area (Å²) in [5.41, 5.74) is 0.743. The molecule has 4 heteroatoms. The van der Waals surface area contributed by atoms with E-state index in [1.54, 1.807) is 36.0 Å². The zero-order valence-corrected chi connectivity index (χ0v) is 13.4. The second kappa shape index (κ2) is 8.62. The van der Waals surface area contributed by atoms with Crippen molar-refractivity contribution in [2.24, 2.45) is 0 Å². The molecule has 1 unspecified atom stereocenters. The van der Waals surface area contributed by atoms with Crippen molar-refractivity contribution in [1.29, 1.82) is 0 Å². The van der Waals surface area contributed by atoms with Crippen LogP contribution in [0.2, 0.25) is 5.02 Å². The van der Waals surface area contributed by atoms with Crippen LogP contribution in [0.3, 0.4) is 0 Å². The number of nitrogens with zero attached hydrogens (tertiary/aromatic N) is 1. The van der Waals surface area contributed by atoms with Crippen molar-refractivity contribution in [3.05, 3.63) is 34.9 Å². The molecule has 0 radical (unpaired) electrons. The highest BCUT2D eigenvalue weighted by atomic mass is 35.5. The maximum absolute atomic E-state index is 12.2. The molecule has 0 bridgehead atoms. The Bertz CT molecular complexity index is 390. The van der Waals surface area contributed by atoms with Crippen LogP contribution in [-0.4, -0.2) is 41.3 Å². The molecule has 0 N–H and O–H groups in total. The molecule has 1 aromatic carbocycles. The van der Waals surface area contributed by atoms with Crippen molar-refractivity contribution in [1.82, 2.24) is 4.90 Å². The van der Waals surface area contributed by atoms with Gasteiger partial charge in [-0.25, -0.2) is 0 Å². The van der Waals surface area contributed by atoms with Gasteiger partial charge in [0.25, 0.3) is 0 Å². The molecule has 1 atom stereocenters. The minimum absolute atomic E-state index is 0.00302. The standard InChI is InChI=1S/C15H22ClNOS/c1-4-17(5-2)10-11-19-12(3)15(18)13-6-8-14(16)9-7-13/h6-9,12H,4-5,10-11H2,1-3H3. The third-order valence-electron chi connectivity index (χ3n) is 3.17. The summed E-state index contributed by atoms with van der Waals surface area (Å²) in [6, 6.07) is 7.13. The van der Waals surface area contributed by atoms with Gasteiger partial charge >= 0.3 is 0 Å².